The molecular formula is C20H12N2O4. The summed E-state index contributed by atoms with van der Waals surface area (Å²) in [4.78, 5) is 22.4. The van der Waals surface area contributed by atoms with Gasteiger partial charge in [0, 0.05) is 12.1 Å². The zero-order valence-electron chi connectivity index (χ0n) is 13.5. The summed E-state index contributed by atoms with van der Waals surface area (Å²) in [5, 5.41) is 26.2. The van der Waals surface area contributed by atoms with Crippen molar-refractivity contribution >= 4 is 32.9 Å². The minimum absolute atomic E-state index is 0.150. The molecule has 6 heteroatoms. The van der Waals surface area contributed by atoms with E-state index in [9.17, 15) is 20.2 Å². The smallest absolute Gasteiger partial charge is 0.258 e. The van der Waals surface area contributed by atoms with Crippen molar-refractivity contribution in [1.29, 1.82) is 0 Å². The van der Waals surface area contributed by atoms with Gasteiger partial charge in [0.2, 0.25) is 0 Å². The van der Waals surface area contributed by atoms with Gasteiger partial charge in [-0.3, -0.25) is 20.2 Å². The van der Waals surface area contributed by atoms with E-state index in [1.54, 1.807) is 36.4 Å². The molecule has 0 unspecified atom stereocenters. The maximum absolute atomic E-state index is 11.7. The fourth-order valence-corrected chi connectivity index (χ4v) is 3.35. The first-order valence-corrected chi connectivity index (χ1v) is 7.90. The third-order valence-electron chi connectivity index (χ3n) is 4.46. The van der Waals surface area contributed by atoms with E-state index in [0.29, 0.717) is 10.8 Å². The average Bonchev–Trinajstić information content (AvgIpc) is 2.66. The number of nitrogens with zero attached hydrogens (tertiary/aromatic N) is 2. The topological polar surface area (TPSA) is 86.3 Å². The molecule has 0 heterocycles. The number of hydrogen-bond donors (Lipinski definition) is 0. The van der Waals surface area contributed by atoms with Crippen LogP contribution in [0, 0.1) is 20.2 Å². The lowest BCUT2D eigenvalue weighted by atomic mass is 9.91. The van der Waals surface area contributed by atoms with Crippen molar-refractivity contribution in [2.75, 3.05) is 0 Å². The second-order valence-electron chi connectivity index (χ2n) is 5.88. The van der Waals surface area contributed by atoms with Crippen LogP contribution in [0.15, 0.2) is 72.8 Å². The van der Waals surface area contributed by atoms with Crippen molar-refractivity contribution < 1.29 is 9.85 Å². The predicted octanol–water partition coefficient (Wildman–Crippen LogP) is 5.48. The number of benzene rings is 4. The van der Waals surface area contributed by atoms with Crippen molar-refractivity contribution in [2.45, 2.75) is 0 Å². The summed E-state index contributed by atoms with van der Waals surface area (Å²) in [6.45, 7) is 0. The maximum atomic E-state index is 11.7. The molecule has 0 aliphatic rings. The molecule has 0 amide bonds. The monoisotopic (exact) mass is 344 g/mol. The fraction of sp³-hybridized carbons (Fsp3) is 0. The molecule has 4 aromatic rings. The van der Waals surface area contributed by atoms with E-state index in [-0.39, 0.29) is 22.5 Å². The fourth-order valence-electron chi connectivity index (χ4n) is 3.35. The Hall–Kier alpha value is -3.80. The number of hydrogen-bond acceptors (Lipinski definition) is 4. The van der Waals surface area contributed by atoms with E-state index in [2.05, 4.69) is 0 Å². The second kappa shape index (κ2) is 5.93. The second-order valence-corrected chi connectivity index (χ2v) is 5.88. The van der Waals surface area contributed by atoms with Crippen LogP contribution in [0.4, 0.5) is 11.4 Å². The molecule has 0 fully saturated rings. The summed E-state index contributed by atoms with van der Waals surface area (Å²) in [5.41, 5.74) is 0.250. The lowest BCUT2D eigenvalue weighted by Gasteiger charge is -2.11. The number of nitro benzene ring substituents is 2. The van der Waals surface area contributed by atoms with Crippen molar-refractivity contribution in [3.05, 3.63) is 93.0 Å². The molecule has 0 N–H and O–H groups in total. The zero-order chi connectivity index (χ0) is 18.3. The number of nitro groups is 2. The van der Waals surface area contributed by atoms with Gasteiger partial charge in [-0.2, -0.15) is 0 Å². The molecule has 0 aliphatic carbocycles. The van der Waals surface area contributed by atoms with Gasteiger partial charge in [0.05, 0.1) is 21.0 Å². The Labute approximate surface area is 147 Å². The van der Waals surface area contributed by atoms with Crippen LogP contribution >= 0.6 is 0 Å². The largest absolute Gasteiger partial charge is 0.278 e. The molecule has 6 nitrogen and oxygen atoms in total. The van der Waals surface area contributed by atoms with Crippen LogP contribution in [0.2, 0.25) is 0 Å². The minimum atomic E-state index is -0.493. The first-order valence-electron chi connectivity index (χ1n) is 7.90. The molecule has 0 bridgehead atoms. The van der Waals surface area contributed by atoms with Gasteiger partial charge in [-0.15, -0.1) is 0 Å². The van der Waals surface area contributed by atoms with E-state index in [0.717, 1.165) is 10.8 Å². The van der Waals surface area contributed by atoms with Crippen molar-refractivity contribution in [2.24, 2.45) is 0 Å². The van der Waals surface area contributed by atoms with E-state index < -0.39 is 9.85 Å². The van der Waals surface area contributed by atoms with Gasteiger partial charge >= 0.3 is 0 Å². The molecule has 4 aromatic carbocycles. The van der Waals surface area contributed by atoms with Crippen LogP contribution in [0.25, 0.3) is 32.7 Å². The van der Waals surface area contributed by atoms with E-state index in [1.165, 1.54) is 12.1 Å². The van der Waals surface area contributed by atoms with Crippen LogP contribution in [-0.4, -0.2) is 9.85 Å². The first-order chi connectivity index (χ1) is 12.6. The molecule has 0 saturated heterocycles. The molecule has 0 saturated carbocycles. The lowest BCUT2D eigenvalue weighted by molar-refractivity contribution is -0.386. The molecule has 0 spiro atoms. The quantitative estimate of drug-likeness (QED) is 0.364. The molecule has 0 aliphatic heterocycles. The zero-order valence-corrected chi connectivity index (χ0v) is 13.5. The highest BCUT2D eigenvalue weighted by atomic mass is 16.6. The van der Waals surface area contributed by atoms with Crippen molar-refractivity contribution in [1.82, 2.24) is 0 Å². The van der Waals surface area contributed by atoms with Gasteiger partial charge in [0.25, 0.3) is 11.4 Å². The standard InChI is InChI=1S/C20H12N2O4/c23-21(24)17-11-9-13-5-1-3-7-15(13)19(17)20-16-8-4-2-6-14(16)10-12-18(20)22(25)26/h1-12H. The summed E-state index contributed by atoms with van der Waals surface area (Å²) >= 11 is 0. The summed E-state index contributed by atoms with van der Waals surface area (Å²) in [5.74, 6) is 0. The Morgan fingerprint density at radius 2 is 0.923 bits per heavy atom. The molecule has 0 atom stereocenters. The molecule has 0 aromatic heterocycles. The summed E-state index contributed by atoms with van der Waals surface area (Å²) in [6, 6.07) is 20.5. The minimum Gasteiger partial charge on any atom is -0.258 e. The average molecular weight is 344 g/mol. The third kappa shape index (κ3) is 2.36. The Morgan fingerprint density at radius 3 is 1.31 bits per heavy atom. The Bertz CT molecular complexity index is 1110. The summed E-state index contributed by atoms with van der Waals surface area (Å²) < 4.78 is 0. The number of fused-ring (bicyclic) bond motifs is 2. The van der Waals surface area contributed by atoms with Crippen molar-refractivity contribution in [3.63, 3.8) is 0 Å². The Morgan fingerprint density at radius 1 is 0.538 bits per heavy atom. The highest BCUT2D eigenvalue weighted by Crippen LogP contribution is 2.44. The number of rotatable bonds is 3. The first kappa shape index (κ1) is 15.7. The van der Waals surface area contributed by atoms with Crippen LogP contribution in [-0.2, 0) is 0 Å². The van der Waals surface area contributed by atoms with Crippen LogP contribution in [0.5, 0.6) is 0 Å². The van der Waals surface area contributed by atoms with Gasteiger partial charge < -0.3 is 0 Å². The van der Waals surface area contributed by atoms with E-state index in [1.807, 2.05) is 24.3 Å². The molecule has 26 heavy (non-hydrogen) atoms. The van der Waals surface area contributed by atoms with Gasteiger partial charge in [-0.1, -0.05) is 48.5 Å². The molecule has 4 rings (SSSR count). The third-order valence-corrected chi connectivity index (χ3v) is 4.46. The van der Waals surface area contributed by atoms with Gasteiger partial charge in [-0.25, -0.2) is 0 Å². The Kier molecular flexibility index (Phi) is 3.58. The molecular weight excluding hydrogens is 332 g/mol. The van der Waals surface area contributed by atoms with E-state index in [4.69, 9.17) is 0 Å². The van der Waals surface area contributed by atoms with Gasteiger partial charge in [-0.05, 0) is 33.7 Å². The van der Waals surface area contributed by atoms with Crippen molar-refractivity contribution in [3.8, 4) is 11.1 Å². The van der Waals surface area contributed by atoms with E-state index >= 15 is 0 Å². The van der Waals surface area contributed by atoms with Gasteiger partial charge in [0.15, 0.2) is 0 Å². The van der Waals surface area contributed by atoms with Crippen LogP contribution < -0.4 is 0 Å². The predicted molar refractivity (Wildman–Crippen MR) is 100 cm³/mol. The normalized spacial score (nSPS) is 10.9. The van der Waals surface area contributed by atoms with Gasteiger partial charge in [0.1, 0.15) is 0 Å². The lowest BCUT2D eigenvalue weighted by Crippen LogP contribution is -1.98. The van der Waals surface area contributed by atoms with Crippen LogP contribution in [0.3, 0.4) is 0 Å². The highest BCUT2D eigenvalue weighted by Gasteiger charge is 2.27. The molecule has 0 radical (unpaired) electrons. The summed E-state index contributed by atoms with van der Waals surface area (Å²) in [6.07, 6.45) is 0. The SMILES string of the molecule is O=[N+]([O-])c1ccc2ccccc2c1-c1c([N+](=O)[O-])ccc2ccccc12. The van der Waals surface area contributed by atoms with Crippen LogP contribution in [0.1, 0.15) is 0 Å². The highest BCUT2D eigenvalue weighted by molar-refractivity contribution is 6.11. The Balaban J connectivity index is 2.27. The maximum Gasteiger partial charge on any atom is 0.278 e. The summed E-state index contributed by atoms with van der Waals surface area (Å²) in [7, 11) is 0. The molecule has 126 valence electrons.